The average Bonchev–Trinajstić information content (AvgIpc) is 2.41. The summed E-state index contributed by atoms with van der Waals surface area (Å²) in [4.78, 5) is 11.8. The van der Waals surface area contributed by atoms with Gasteiger partial charge in [0, 0.05) is 13.1 Å². The fourth-order valence-electron chi connectivity index (χ4n) is 1.85. The molecule has 1 atom stereocenters. The van der Waals surface area contributed by atoms with Crippen molar-refractivity contribution in [3.8, 4) is 0 Å². The molecule has 1 aromatic carbocycles. The number of alkyl halides is 3. The van der Waals surface area contributed by atoms with Crippen molar-refractivity contribution in [1.29, 1.82) is 0 Å². The minimum absolute atomic E-state index is 0.158. The van der Waals surface area contributed by atoms with Gasteiger partial charge in [-0.3, -0.25) is 4.79 Å². The van der Waals surface area contributed by atoms with Crippen molar-refractivity contribution >= 4 is 5.91 Å². The summed E-state index contributed by atoms with van der Waals surface area (Å²) < 4.78 is 37.2. The molecule has 20 heavy (non-hydrogen) atoms. The molecule has 0 fully saturated rings. The molecule has 1 unspecified atom stereocenters. The summed E-state index contributed by atoms with van der Waals surface area (Å²) in [5.41, 5.74) is 5.44. The van der Waals surface area contributed by atoms with E-state index in [2.05, 4.69) is 5.32 Å². The first-order chi connectivity index (χ1) is 9.38. The minimum atomic E-state index is -4.34. The first-order valence-corrected chi connectivity index (χ1v) is 6.52. The highest BCUT2D eigenvalue weighted by molar-refractivity contribution is 5.78. The van der Waals surface area contributed by atoms with Gasteiger partial charge in [-0.15, -0.1) is 0 Å². The summed E-state index contributed by atoms with van der Waals surface area (Å²) in [7, 11) is 0. The van der Waals surface area contributed by atoms with Gasteiger partial charge in [0.25, 0.3) is 0 Å². The Bertz CT molecular complexity index is 429. The van der Waals surface area contributed by atoms with Gasteiger partial charge in [-0.1, -0.05) is 25.5 Å². The van der Waals surface area contributed by atoms with Crippen molar-refractivity contribution in [2.24, 2.45) is 11.7 Å². The molecular formula is C14H19F3N2O. The van der Waals surface area contributed by atoms with Crippen molar-refractivity contribution in [2.45, 2.75) is 32.5 Å². The van der Waals surface area contributed by atoms with E-state index in [0.717, 1.165) is 18.6 Å². The van der Waals surface area contributed by atoms with E-state index in [-0.39, 0.29) is 24.9 Å². The molecule has 6 heteroatoms. The zero-order valence-electron chi connectivity index (χ0n) is 11.3. The fraction of sp³-hybridized carbons (Fsp3) is 0.500. The van der Waals surface area contributed by atoms with E-state index in [0.29, 0.717) is 12.0 Å². The normalized spacial score (nSPS) is 13.1. The highest BCUT2D eigenvalue weighted by Gasteiger charge is 2.29. The largest absolute Gasteiger partial charge is 0.416 e. The fourth-order valence-corrected chi connectivity index (χ4v) is 1.85. The molecule has 1 rings (SSSR count). The van der Waals surface area contributed by atoms with E-state index in [4.69, 9.17) is 5.73 Å². The Labute approximate surface area is 116 Å². The van der Waals surface area contributed by atoms with Crippen LogP contribution in [0, 0.1) is 5.92 Å². The van der Waals surface area contributed by atoms with Gasteiger partial charge in [-0.2, -0.15) is 13.2 Å². The van der Waals surface area contributed by atoms with Gasteiger partial charge in [0.15, 0.2) is 0 Å². The van der Waals surface area contributed by atoms with Crippen LogP contribution < -0.4 is 11.1 Å². The molecule has 0 aliphatic rings. The topological polar surface area (TPSA) is 55.1 Å². The zero-order chi connectivity index (χ0) is 15.2. The number of amides is 1. The lowest BCUT2D eigenvalue weighted by atomic mass is 10.0. The number of benzene rings is 1. The monoisotopic (exact) mass is 288 g/mol. The number of nitrogens with one attached hydrogen (secondary N) is 1. The molecule has 0 spiro atoms. The molecule has 3 N–H and O–H groups in total. The summed E-state index contributed by atoms with van der Waals surface area (Å²) in [5, 5.41) is 2.69. The Morgan fingerprint density at radius 2 is 1.90 bits per heavy atom. The number of nitrogens with two attached hydrogens (primary N) is 1. The molecule has 0 radical (unpaired) electrons. The second kappa shape index (κ2) is 7.28. The van der Waals surface area contributed by atoms with Gasteiger partial charge < -0.3 is 11.1 Å². The van der Waals surface area contributed by atoms with E-state index in [1.165, 1.54) is 12.1 Å². The van der Waals surface area contributed by atoms with Crippen LogP contribution in [0.3, 0.4) is 0 Å². The van der Waals surface area contributed by atoms with Gasteiger partial charge in [-0.05, 0) is 24.1 Å². The molecule has 3 nitrogen and oxygen atoms in total. The van der Waals surface area contributed by atoms with Crippen LogP contribution in [-0.2, 0) is 17.5 Å². The van der Waals surface area contributed by atoms with Gasteiger partial charge >= 0.3 is 6.18 Å². The van der Waals surface area contributed by atoms with Gasteiger partial charge in [-0.25, -0.2) is 0 Å². The zero-order valence-corrected chi connectivity index (χ0v) is 11.3. The van der Waals surface area contributed by atoms with Crippen LogP contribution in [-0.4, -0.2) is 12.5 Å². The Morgan fingerprint density at radius 3 is 2.35 bits per heavy atom. The third-order valence-corrected chi connectivity index (χ3v) is 3.04. The molecule has 0 saturated heterocycles. The standard InChI is InChI=1S/C14H19F3N2O/c1-2-3-11(8-18)13(20)19-9-10-4-6-12(7-5-10)14(15,16)17/h4-7,11H,2-3,8-9,18H2,1H3,(H,19,20). The van der Waals surface area contributed by atoms with Crippen LogP contribution in [0.5, 0.6) is 0 Å². The molecule has 0 bridgehead atoms. The summed E-state index contributed by atoms with van der Waals surface area (Å²) in [6.07, 6.45) is -2.78. The van der Waals surface area contributed by atoms with Gasteiger partial charge in [0.1, 0.15) is 0 Å². The molecule has 1 amide bonds. The third-order valence-electron chi connectivity index (χ3n) is 3.04. The summed E-state index contributed by atoms with van der Waals surface area (Å²) >= 11 is 0. The average molecular weight is 288 g/mol. The number of carbonyl (C=O) groups excluding carboxylic acids is 1. The quantitative estimate of drug-likeness (QED) is 0.845. The third kappa shape index (κ3) is 4.85. The Balaban J connectivity index is 2.55. The summed E-state index contributed by atoms with van der Waals surface area (Å²) in [6, 6.07) is 4.74. The summed E-state index contributed by atoms with van der Waals surface area (Å²) in [5.74, 6) is -0.399. The van der Waals surface area contributed by atoms with E-state index in [1.807, 2.05) is 6.92 Å². The Hall–Kier alpha value is -1.56. The summed E-state index contributed by atoms with van der Waals surface area (Å²) in [6.45, 7) is 2.44. The first-order valence-electron chi connectivity index (χ1n) is 6.52. The molecule has 1 aromatic rings. The second-order valence-corrected chi connectivity index (χ2v) is 4.63. The molecule has 0 aliphatic carbocycles. The van der Waals surface area contributed by atoms with Crippen LogP contribution in [0.2, 0.25) is 0 Å². The second-order valence-electron chi connectivity index (χ2n) is 4.63. The maximum absolute atomic E-state index is 12.4. The smallest absolute Gasteiger partial charge is 0.352 e. The lowest BCUT2D eigenvalue weighted by molar-refractivity contribution is -0.137. The SMILES string of the molecule is CCCC(CN)C(=O)NCc1ccc(C(F)(F)F)cc1. The Morgan fingerprint density at radius 1 is 1.30 bits per heavy atom. The lowest BCUT2D eigenvalue weighted by Crippen LogP contribution is -2.34. The molecule has 112 valence electrons. The number of rotatable bonds is 6. The number of halogens is 3. The minimum Gasteiger partial charge on any atom is -0.352 e. The molecular weight excluding hydrogens is 269 g/mol. The van der Waals surface area contributed by atoms with Crippen LogP contribution in [0.25, 0.3) is 0 Å². The van der Waals surface area contributed by atoms with Crippen molar-refractivity contribution in [3.63, 3.8) is 0 Å². The lowest BCUT2D eigenvalue weighted by Gasteiger charge is -2.14. The van der Waals surface area contributed by atoms with Crippen LogP contribution in [0.1, 0.15) is 30.9 Å². The number of hydrogen-bond acceptors (Lipinski definition) is 2. The highest BCUT2D eigenvalue weighted by Crippen LogP contribution is 2.29. The predicted octanol–water partition coefficient (Wildman–Crippen LogP) is 2.70. The Kier molecular flexibility index (Phi) is 6.01. The maximum atomic E-state index is 12.4. The van der Waals surface area contributed by atoms with Crippen molar-refractivity contribution in [1.82, 2.24) is 5.32 Å². The van der Waals surface area contributed by atoms with E-state index in [1.54, 1.807) is 0 Å². The molecule has 0 aromatic heterocycles. The maximum Gasteiger partial charge on any atom is 0.416 e. The molecule has 0 saturated carbocycles. The van der Waals surface area contributed by atoms with E-state index in [9.17, 15) is 18.0 Å². The van der Waals surface area contributed by atoms with Crippen molar-refractivity contribution < 1.29 is 18.0 Å². The van der Waals surface area contributed by atoms with Crippen LogP contribution in [0.4, 0.5) is 13.2 Å². The van der Waals surface area contributed by atoms with Gasteiger partial charge in [0.05, 0.1) is 11.5 Å². The highest BCUT2D eigenvalue weighted by atomic mass is 19.4. The number of hydrogen-bond donors (Lipinski definition) is 2. The van der Waals surface area contributed by atoms with Crippen molar-refractivity contribution in [2.75, 3.05) is 6.54 Å². The molecule has 0 aliphatic heterocycles. The molecule has 0 heterocycles. The van der Waals surface area contributed by atoms with Crippen molar-refractivity contribution in [3.05, 3.63) is 35.4 Å². The van der Waals surface area contributed by atoms with Crippen LogP contribution >= 0.6 is 0 Å². The first kappa shape index (κ1) is 16.5. The van der Waals surface area contributed by atoms with E-state index < -0.39 is 11.7 Å². The predicted molar refractivity (Wildman–Crippen MR) is 70.7 cm³/mol. The van der Waals surface area contributed by atoms with Crippen LogP contribution in [0.15, 0.2) is 24.3 Å². The van der Waals surface area contributed by atoms with E-state index >= 15 is 0 Å². The number of carbonyl (C=O) groups is 1. The van der Waals surface area contributed by atoms with Gasteiger partial charge in [0.2, 0.25) is 5.91 Å².